The molecule has 0 amide bonds. The van der Waals surface area contributed by atoms with Crippen LogP contribution in [-0.2, 0) is 40.8 Å². The Morgan fingerprint density at radius 1 is 0.538 bits per heavy atom. The van der Waals surface area contributed by atoms with Crippen LogP contribution in [0.1, 0.15) is 130 Å². The summed E-state index contributed by atoms with van der Waals surface area (Å²) in [5, 5.41) is 36.5. The van der Waals surface area contributed by atoms with Crippen LogP contribution in [0.3, 0.4) is 0 Å². The van der Waals surface area contributed by atoms with Gasteiger partial charge in [-0.15, -0.1) is 0 Å². The molecule has 0 saturated carbocycles. The van der Waals surface area contributed by atoms with Crippen molar-refractivity contribution in [3.05, 3.63) is 24.7 Å². The molecule has 8 nitrogen and oxygen atoms in total. The number of hydrogen-bond donors (Lipinski definition) is 2. The molecular weight excluding hydrogens is 536 g/mol. The van der Waals surface area contributed by atoms with Crippen LogP contribution in [0.5, 0.6) is 0 Å². The number of carboxylic acid groups (broad SMARTS) is 2. The third-order valence-corrected chi connectivity index (χ3v) is 5.12. The van der Waals surface area contributed by atoms with Crippen LogP contribution < -0.4 is 10.2 Å². The van der Waals surface area contributed by atoms with Crippen molar-refractivity contribution in [3.8, 4) is 0 Å². The zero-order valence-corrected chi connectivity index (χ0v) is 27.0. The summed E-state index contributed by atoms with van der Waals surface area (Å²) in [6, 6.07) is 0. The van der Waals surface area contributed by atoms with E-state index in [-0.39, 0.29) is 33.2 Å². The fraction of sp³-hybridized carbons (Fsp3) is 0.800. The Morgan fingerprint density at radius 2 is 0.769 bits per heavy atom. The van der Waals surface area contributed by atoms with E-state index in [1.54, 1.807) is 13.8 Å². The zero-order valence-electron chi connectivity index (χ0n) is 25.4. The SMILES string of the molecule is C=C(OCC)C(=O)[O-].C=C(OCC)C(=O)[O-].CCCCCCCCCCO.CCCCCCCCCCO.[Ti+2]. The zero-order chi connectivity index (χ0) is 29.9. The fourth-order valence-corrected chi connectivity index (χ4v) is 2.96. The number of hydrogen-bond acceptors (Lipinski definition) is 8. The summed E-state index contributed by atoms with van der Waals surface area (Å²) in [7, 11) is 0. The maximum atomic E-state index is 9.75. The summed E-state index contributed by atoms with van der Waals surface area (Å²) >= 11 is 0. The van der Waals surface area contributed by atoms with Gasteiger partial charge in [0.2, 0.25) is 0 Å². The average Bonchev–Trinajstić information content (AvgIpc) is 2.89. The van der Waals surface area contributed by atoms with Gasteiger partial charge in [0, 0.05) is 13.2 Å². The van der Waals surface area contributed by atoms with Gasteiger partial charge in [-0.2, -0.15) is 0 Å². The Morgan fingerprint density at radius 3 is 0.923 bits per heavy atom. The molecule has 0 saturated heterocycles. The van der Waals surface area contributed by atoms with Crippen LogP contribution in [0.2, 0.25) is 0 Å². The smallest absolute Gasteiger partial charge is 0.542 e. The maximum Gasteiger partial charge on any atom is 2.00 e. The van der Waals surface area contributed by atoms with Crippen molar-refractivity contribution in [2.75, 3.05) is 26.4 Å². The van der Waals surface area contributed by atoms with Gasteiger partial charge in [0.05, 0.1) is 13.2 Å². The first-order valence-corrected chi connectivity index (χ1v) is 14.5. The number of ether oxygens (including phenoxy) is 2. The molecule has 0 bridgehead atoms. The molecule has 0 aromatic heterocycles. The molecule has 0 atom stereocenters. The minimum atomic E-state index is -1.35. The molecule has 230 valence electrons. The van der Waals surface area contributed by atoms with E-state index in [0.29, 0.717) is 26.4 Å². The van der Waals surface area contributed by atoms with Crippen LogP contribution in [-0.4, -0.2) is 48.6 Å². The van der Waals surface area contributed by atoms with E-state index in [9.17, 15) is 19.8 Å². The van der Waals surface area contributed by atoms with Crippen molar-refractivity contribution in [3.63, 3.8) is 0 Å². The third-order valence-electron chi connectivity index (χ3n) is 5.12. The van der Waals surface area contributed by atoms with Gasteiger partial charge in [-0.25, -0.2) is 0 Å². The van der Waals surface area contributed by atoms with Crippen molar-refractivity contribution in [1.82, 2.24) is 0 Å². The number of aliphatic carboxylic acids is 2. The summed E-state index contributed by atoms with van der Waals surface area (Å²) < 4.78 is 8.89. The second-order valence-corrected chi connectivity index (χ2v) is 8.68. The Kier molecular flexibility index (Phi) is 53.2. The van der Waals surface area contributed by atoms with Crippen molar-refractivity contribution >= 4 is 11.9 Å². The number of aliphatic hydroxyl groups excluding tert-OH is 2. The van der Waals surface area contributed by atoms with E-state index >= 15 is 0 Å². The molecule has 0 aliphatic rings. The van der Waals surface area contributed by atoms with Crippen molar-refractivity contribution in [2.45, 2.75) is 130 Å². The quantitative estimate of drug-likeness (QED) is 0.0788. The summed E-state index contributed by atoms with van der Waals surface area (Å²) in [5.41, 5.74) is 0. The summed E-state index contributed by atoms with van der Waals surface area (Å²) in [5.74, 6) is -3.33. The summed E-state index contributed by atoms with van der Waals surface area (Å²) in [4.78, 5) is 19.5. The van der Waals surface area contributed by atoms with Gasteiger partial charge in [0.1, 0.15) is 23.5 Å². The normalized spacial score (nSPS) is 9.18. The average molecular weight is 595 g/mol. The van der Waals surface area contributed by atoms with Crippen molar-refractivity contribution in [2.24, 2.45) is 0 Å². The minimum absolute atomic E-state index is 0. The molecule has 0 spiro atoms. The molecule has 0 aromatic rings. The van der Waals surface area contributed by atoms with Crippen LogP contribution in [0.25, 0.3) is 0 Å². The predicted molar refractivity (Wildman–Crippen MR) is 151 cm³/mol. The summed E-state index contributed by atoms with van der Waals surface area (Å²) in [6.07, 6.45) is 20.8. The monoisotopic (exact) mass is 594 g/mol. The van der Waals surface area contributed by atoms with E-state index < -0.39 is 11.9 Å². The maximum absolute atomic E-state index is 9.75. The van der Waals surface area contributed by atoms with E-state index in [4.69, 9.17) is 10.2 Å². The van der Waals surface area contributed by atoms with Gasteiger partial charge >= 0.3 is 21.7 Å². The molecule has 0 unspecified atom stereocenters. The van der Waals surface area contributed by atoms with E-state index in [0.717, 1.165) is 12.8 Å². The van der Waals surface area contributed by atoms with Gasteiger partial charge in [0.15, 0.2) is 0 Å². The largest absolute Gasteiger partial charge is 2.00 e. The molecule has 39 heavy (non-hydrogen) atoms. The Labute approximate surface area is 254 Å². The van der Waals surface area contributed by atoms with Crippen LogP contribution in [0, 0.1) is 0 Å². The number of aliphatic hydroxyl groups is 2. The second kappa shape index (κ2) is 43.7. The van der Waals surface area contributed by atoms with Crippen LogP contribution >= 0.6 is 0 Å². The molecule has 9 heteroatoms. The Bertz CT molecular complexity index is 465. The number of carbonyl (C=O) groups is 2. The third kappa shape index (κ3) is 53.6. The van der Waals surface area contributed by atoms with E-state index in [1.165, 1.54) is 89.9 Å². The molecule has 0 aliphatic carbocycles. The predicted octanol–water partition coefficient (Wildman–Crippen LogP) is 4.81. The first-order valence-electron chi connectivity index (χ1n) is 14.5. The van der Waals surface area contributed by atoms with Gasteiger partial charge in [-0.1, -0.05) is 117 Å². The van der Waals surface area contributed by atoms with E-state index in [2.05, 4.69) is 36.5 Å². The molecule has 0 aromatic carbocycles. The van der Waals surface area contributed by atoms with Crippen molar-refractivity contribution in [1.29, 1.82) is 0 Å². The molecular formula is C30H58O8Ti. The number of rotatable bonds is 22. The topological polar surface area (TPSA) is 139 Å². The standard InChI is InChI=1S/2C10H22O.2C5H8O3.Ti/c2*1-2-3-4-5-6-7-8-9-10-11;2*1-3-8-4(2)5(6)7;/h2*11H,2-10H2,1H3;2*2-3H2,1H3,(H,6,7);/q;;;;+2/p-2. The number of carboxylic acids is 2. The minimum Gasteiger partial charge on any atom is -0.542 e. The summed E-state index contributed by atoms with van der Waals surface area (Å²) in [6.45, 7) is 15.3. The molecule has 0 heterocycles. The van der Waals surface area contributed by atoms with Crippen LogP contribution in [0.15, 0.2) is 24.7 Å². The molecule has 0 aliphatic heterocycles. The molecule has 0 rings (SSSR count). The molecule has 2 N–H and O–H groups in total. The first kappa shape index (κ1) is 47.4. The first-order chi connectivity index (χ1) is 18.2. The van der Waals surface area contributed by atoms with Gasteiger partial charge < -0.3 is 39.5 Å². The van der Waals surface area contributed by atoms with Crippen molar-refractivity contribution < 1.29 is 61.2 Å². The van der Waals surface area contributed by atoms with Gasteiger partial charge in [-0.3, -0.25) is 0 Å². The van der Waals surface area contributed by atoms with E-state index in [1.807, 2.05) is 0 Å². The van der Waals surface area contributed by atoms with Gasteiger partial charge in [0.25, 0.3) is 0 Å². The second-order valence-electron chi connectivity index (χ2n) is 8.68. The molecule has 0 fully saturated rings. The number of unbranched alkanes of at least 4 members (excludes halogenated alkanes) is 14. The van der Waals surface area contributed by atoms with Gasteiger partial charge in [-0.05, 0) is 26.7 Å². The van der Waals surface area contributed by atoms with Crippen LogP contribution in [0.4, 0.5) is 0 Å². The fourth-order valence-electron chi connectivity index (χ4n) is 2.96. The molecule has 0 radical (unpaired) electrons. The Hall–Kier alpha value is -1.35. The number of carbonyl (C=O) groups excluding carboxylic acids is 2. The Balaban J connectivity index is -0.000000132.